The van der Waals surface area contributed by atoms with Crippen LogP contribution in [0.4, 0.5) is 0 Å². The van der Waals surface area contributed by atoms with E-state index in [-0.39, 0.29) is 59.6 Å². The minimum Gasteiger partial charge on any atom is -0.550 e. The number of rotatable bonds is 9. The van der Waals surface area contributed by atoms with Gasteiger partial charge in [-0.05, 0) is 49.0 Å². The predicted octanol–water partition coefficient (Wildman–Crippen LogP) is -3.70. The van der Waals surface area contributed by atoms with Gasteiger partial charge >= 0.3 is 29.6 Å². The zero-order valence-corrected chi connectivity index (χ0v) is 21.5. The van der Waals surface area contributed by atoms with Crippen LogP contribution in [-0.4, -0.2) is 56.8 Å². The summed E-state index contributed by atoms with van der Waals surface area (Å²) in [5.41, 5.74) is 0.941. The van der Waals surface area contributed by atoms with Gasteiger partial charge < -0.3 is 40.2 Å². The van der Waals surface area contributed by atoms with Crippen molar-refractivity contribution >= 4 is 11.9 Å². The quantitative estimate of drug-likeness (QED) is 0.254. The van der Waals surface area contributed by atoms with Crippen LogP contribution in [0.15, 0.2) is 23.8 Å². The number of hydrogen-bond acceptors (Lipinski definition) is 8. The molecule has 0 aliphatic heterocycles. The maximum Gasteiger partial charge on any atom is 1.00 e. The molecule has 0 aromatic carbocycles. The molecule has 178 valence electrons. The van der Waals surface area contributed by atoms with Gasteiger partial charge in [-0.3, -0.25) is 0 Å². The van der Waals surface area contributed by atoms with Crippen LogP contribution in [0.5, 0.6) is 0 Å². The molecule has 8 nitrogen and oxygen atoms in total. The Labute approximate surface area is 212 Å². The predicted molar refractivity (Wildman–Crippen MR) is 110 cm³/mol. The standard InChI is InChI=1S/C18H28O6.C5H10O2.Na/c1-10-2-3-11-6-13(20)8-16(22)18(11)15(10)5-4-12(19)7-14(21)9-17(23)24;1-3-4(2)5(6)7;/h2-3,6,10,12-16,18-22H,4-5,7-9H2,1H3,(H,23,24);4H,3H2,1-2H3,(H,6,7);/q;;+1/p-2/t10-,12+,13+,14+,15-,16-,18-;4-;/m00./s1. The SMILES string of the molecule is CC[C@H](C)C(=O)[O-].C[C@H]1C=CC2=C[C@@H](O)C[C@H](O)[C@@H]2[C@H]1CC[C@@H](O)C[C@@H](O)CC(=O)[O-].[Na+]. The summed E-state index contributed by atoms with van der Waals surface area (Å²) in [5, 5.41) is 60.0. The van der Waals surface area contributed by atoms with Crippen molar-refractivity contribution in [3.63, 3.8) is 0 Å². The molecule has 0 spiro atoms. The Balaban J connectivity index is 0.00000104. The largest absolute Gasteiger partial charge is 1.00 e. The van der Waals surface area contributed by atoms with Gasteiger partial charge in [0.05, 0.1) is 24.4 Å². The number of carboxylic acid groups (broad SMARTS) is 2. The minimum atomic E-state index is -1.33. The number of allylic oxidation sites excluding steroid dienone is 2. The summed E-state index contributed by atoms with van der Waals surface area (Å²) >= 11 is 0. The van der Waals surface area contributed by atoms with E-state index >= 15 is 0 Å². The minimum absolute atomic E-state index is 0. The summed E-state index contributed by atoms with van der Waals surface area (Å²) in [5.74, 6) is -2.27. The van der Waals surface area contributed by atoms with Crippen molar-refractivity contribution in [2.75, 3.05) is 0 Å². The first-order chi connectivity index (χ1) is 14.5. The third-order valence-electron chi connectivity index (χ3n) is 6.19. The number of hydrogen-bond donors (Lipinski definition) is 4. The van der Waals surface area contributed by atoms with Gasteiger partial charge in [0.25, 0.3) is 0 Å². The van der Waals surface area contributed by atoms with E-state index in [9.17, 15) is 40.2 Å². The van der Waals surface area contributed by atoms with E-state index in [1.807, 2.05) is 13.0 Å². The van der Waals surface area contributed by atoms with Crippen LogP contribution in [0.3, 0.4) is 0 Å². The molecule has 0 saturated heterocycles. The number of fused-ring (bicyclic) bond motifs is 1. The molecule has 8 atom stereocenters. The maximum absolute atomic E-state index is 10.4. The number of carboxylic acids is 2. The molecule has 2 rings (SSSR count). The van der Waals surface area contributed by atoms with Gasteiger partial charge in [0, 0.05) is 30.7 Å². The summed E-state index contributed by atoms with van der Waals surface area (Å²) in [6.45, 7) is 5.52. The second-order valence-corrected chi connectivity index (χ2v) is 8.77. The zero-order chi connectivity index (χ0) is 23.7. The molecule has 0 radical (unpaired) electrons. The van der Waals surface area contributed by atoms with E-state index in [4.69, 9.17) is 0 Å². The number of aliphatic hydroxyl groups is 4. The molecule has 0 heterocycles. The van der Waals surface area contributed by atoms with Crippen molar-refractivity contribution in [1.82, 2.24) is 0 Å². The topological polar surface area (TPSA) is 161 Å². The summed E-state index contributed by atoms with van der Waals surface area (Å²) in [4.78, 5) is 20.3. The van der Waals surface area contributed by atoms with Crippen LogP contribution in [0.2, 0.25) is 0 Å². The molecule has 0 fully saturated rings. The van der Waals surface area contributed by atoms with Crippen LogP contribution in [-0.2, 0) is 9.59 Å². The van der Waals surface area contributed by atoms with Gasteiger partial charge in [0.2, 0.25) is 0 Å². The van der Waals surface area contributed by atoms with Gasteiger partial charge in [-0.2, -0.15) is 0 Å². The first-order valence-corrected chi connectivity index (χ1v) is 11.0. The smallest absolute Gasteiger partial charge is 0.550 e. The second-order valence-electron chi connectivity index (χ2n) is 8.77. The Bertz CT molecular complexity index is 650. The first kappa shape index (κ1) is 31.3. The molecule has 0 amide bonds. The van der Waals surface area contributed by atoms with E-state index in [2.05, 4.69) is 13.0 Å². The molecular formula is C23H36NaO8-. The van der Waals surface area contributed by atoms with Crippen molar-refractivity contribution in [1.29, 1.82) is 0 Å². The molecule has 0 aromatic rings. The number of aliphatic carboxylic acids is 2. The number of aliphatic hydroxyl groups excluding tert-OH is 4. The molecule has 4 N–H and O–H groups in total. The van der Waals surface area contributed by atoms with Gasteiger partial charge in [0.15, 0.2) is 0 Å². The molecule has 0 bridgehead atoms. The van der Waals surface area contributed by atoms with Crippen molar-refractivity contribution in [2.45, 2.75) is 83.7 Å². The van der Waals surface area contributed by atoms with Crippen LogP contribution < -0.4 is 39.8 Å². The monoisotopic (exact) mass is 463 g/mol. The fourth-order valence-corrected chi connectivity index (χ4v) is 4.15. The average Bonchev–Trinajstić information content (AvgIpc) is 2.66. The molecule has 32 heavy (non-hydrogen) atoms. The molecule has 0 saturated carbocycles. The second kappa shape index (κ2) is 15.2. The summed E-state index contributed by atoms with van der Waals surface area (Å²) in [7, 11) is 0. The van der Waals surface area contributed by atoms with E-state index in [1.54, 1.807) is 13.0 Å². The molecule has 9 heteroatoms. The maximum atomic E-state index is 10.4. The first-order valence-electron chi connectivity index (χ1n) is 11.0. The zero-order valence-electron chi connectivity index (χ0n) is 19.5. The van der Waals surface area contributed by atoms with Crippen LogP contribution >= 0.6 is 0 Å². The molecule has 0 unspecified atom stereocenters. The van der Waals surface area contributed by atoms with E-state index < -0.39 is 42.8 Å². The number of carbonyl (C=O) groups is 2. The Morgan fingerprint density at radius 2 is 1.81 bits per heavy atom. The van der Waals surface area contributed by atoms with E-state index in [0.29, 0.717) is 25.7 Å². The van der Waals surface area contributed by atoms with Crippen molar-refractivity contribution < 1.29 is 69.8 Å². The van der Waals surface area contributed by atoms with E-state index in [1.165, 1.54) is 0 Å². The average molecular weight is 464 g/mol. The molecule has 2 aliphatic rings. The van der Waals surface area contributed by atoms with Gasteiger partial charge in [-0.25, -0.2) is 0 Å². The molecule has 2 aliphatic carbocycles. The van der Waals surface area contributed by atoms with Crippen molar-refractivity contribution in [2.24, 2.45) is 23.7 Å². The molecule has 0 aromatic heterocycles. The summed E-state index contributed by atoms with van der Waals surface area (Å²) in [6, 6.07) is 0. The van der Waals surface area contributed by atoms with E-state index in [0.717, 1.165) is 5.57 Å². The number of carbonyl (C=O) groups excluding carboxylic acids is 2. The Morgan fingerprint density at radius 3 is 2.31 bits per heavy atom. The Morgan fingerprint density at radius 1 is 1.19 bits per heavy atom. The van der Waals surface area contributed by atoms with Crippen molar-refractivity contribution in [3.8, 4) is 0 Å². The van der Waals surface area contributed by atoms with Gasteiger partial charge in [-0.15, -0.1) is 0 Å². The van der Waals surface area contributed by atoms with Crippen LogP contribution in [0.25, 0.3) is 0 Å². The molecular weight excluding hydrogens is 427 g/mol. The van der Waals surface area contributed by atoms with Crippen molar-refractivity contribution in [3.05, 3.63) is 23.8 Å². The fraction of sp³-hybridized carbons (Fsp3) is 0.739. The summed E-state index contributed by atoms with van der Waals surface area (Å²) in [6.07, 6.45) is 4.21. The summed E-state index contributed by atoms with van der Waals surface area (Å²) < 4.78 is 0. The Kier molecular flexibility index (Phi) is 14.9. The van der Waals surface area contributed by atoms with Gasteiger partial charge in [-0.1, -0.05) is 39.0 Å². The third kappa shape index (κ3) is 10.5. The van der Waals surface area contributed by atoms with Crippen LogP contribution in [0, 0.1) is 23.7 Å². The normalized spacial score (nSPS) is 29.2. The third-order valence-corrected chi connectivity index (χ3v) is 6.19. The Hall–Kier alpha value is -0.740. The fourth-order valence-electron chi connectivity index (χ4n) is 4.15. The van der Waals surface area contributed by atoms with Crippen LogP contribution in [0.1, 0.15) is 59.3 Å². The van der Waals surface area contributed by atoms with Gasteiger partial charge in [0.1, 0.15) is 0 Å².